The fourth-order valence-electron chi connectivity index (χ4n) is 9.46. The minimum atomic E-state index is 0.901. The molecule has 254 valence electrons. The van der Waals surface area contributed by atoms with Gasteiger partial charge in [0.05, 0.1) is 0 Å². The summed E-state index contributed by atoms with van der Waals surface area (Å²) in [4.78, 5) is 0. The van der Waals surface area contributed by atoms with E-state index in [1.165, 1.54) is 92.8 Å². The van der Waals surface area contributed by atoms with Gasteiger partial charge in [-0.2, -0.15) is 0 Å². The van der Waals surface area contributed by atoms with Crippen molar-refractivity contribution in [3.05, 3.63) is 194 Å². The summed E-state index contributed by atoms with van der Waals surface area (Å²) >= 11 is 0. The first-order valence-corrected chi connectivity index (χ1v) is 19.0. The molecule has 12 aromatic rings. The maximum Gasteiger partial charge on any atom is 0.135 e. The van der Waals surface area contributed by atoms with Crippen molar-refractivity contribution in [2.45, 2.75) is 0 Å². The molecule has 55 heavy (non-hydrogen) atoms. The average molecular weight is 697 g/mol. The third-order valence-electron chi connectivity index (χ3n) is 11.8. The fraction of sp³-hybridized carbons (Fsp3) is 0. The Morgan fingerprint density at radius 3 is 1.56 bits per heavy atom. The molecule has 11 aromatic carbocycles. The van der Waals surface area contributed by atoms with Crippen LogP contribution in [0.25, 0.3) is 120 Å². The first-order valence-electron chi connectivity index (χ1n) is 19.0. The van der Waals surface area contributed by atoms with Gasteiger partial charge in [-0.15, -0.1) is 0 Å². The maximum absolute atomic E-state index is 6.33. The van der Waals surface area contributed by atoms with E-state index in [9.17, 15) is 0 Å². The summed E-state index contributed by atoms with van der Waals surface area (Å²) in [6.07, 6.45) is 0. The molecule has 0 radical (unpaired) electrons. The number of benzene rings is 11. The first kappa shape index (κ1) is 30.3. The van der Waals surface area contributed by atoms with Crippen LogP contribution in [0.5, 0.6) is 0 Å². The second-order valence-corrected chi connectivity index (χ2v) is 14.7. The predicted molar refractivity (Wildman–Crippen MR) is 234 cm³/mol. The Bertz CT molecular complexity index is 3400. The molecule has 0 unspecified atom stereocenters. The van der Waals surface area contributed by atoms with Crippen molar-refractivity contribution in [1.29, 1.82) is 0 Å². The highest BCUT2D eigenvalue weighted by molar-refractivity contribution is 6.28. The van der Waals surface area contributed by atoms with Gasteiger partial charge < -0.3 is 4.42 Å². The molecule has 1 heterocycles. The van der Waals surface area contributed by atoms with Crippen LogP contribution < -0.4 is 0 Å². The number of furan rings is 1. The molecule has 0 N–H and O–H groups in total. The zero-order valence-corrected chi connectivity index (χ0v) is 29.9. The fourth-order valence-corrected chi connectivity index (χ4v) is 9.46. The Morgan fingerprint density at radius 2 is 0.818 bits per heavy atom. The minimum absolute atomic E-state index is 0.901. The lowest BCUT2D eigenvalue weighted by Crippen LogP contribution is -1.96. The molecule has 0 saturated heterocycles. The lowest BCUT2D eigenvalue weighted by molar-refractivity contribution is 0.669. The number of hydrogen-bond acceptors (Lipinski definition) is 1. The molecule has 0 aliphatic carbocycles. The molecule has 0 spiro atoms. The highest BCUT2D eigenvalue weighted by atomic mass is 16.3. The normalized spacial score (nSPS) is 12.0. The lowest BCUT2D eigenvalue weighted by atomic mass is 9.80. The molecule has 1 aromatic heterocycles. The van der Waals surface area contributed by atoms with Gasteiger partial charge in [0.1, 0.15) is 11.2 Å². The zero-order valence-electron chi connectivity index (χ0n) is 29.9. The van der Waals surface area contributed by atoms with Crippen LogP contribution in [0.3, 0.4) is 0 Å². The third-order valence-corrected chi connectivity index (χ3v) is 11.8. The van der Waals surface area contributed by atoms with Crippen LogP contribution in [-0.2, 0) is 0 Å². The van der Waals surface area contributed by atoms with Crippen LogP contribution >= 0.6 is 0 Å². The van der Waals surface area contributed by atoms with E-state index in [-0.39, 0.29) is 0 Å². The van der Waals surface area contributed by atoms with Crippen molar-refractivity contribution >= 4 is 75.8 Å². The van der Waals surface area contributed by atoms with E-state index in [0.29, 0.717) is 0 Å². The quantitative estimate of drug-likeness (QED) is 0.132. The van der Waals surface area contributed by atoms with Crippen LogP contribution in [0.1, 0.15) is 0 Å². The van der Waals surface area contributed by atoms with Crippen LogP contribution in [0.4, 0.5) is 0 Å². The van der Waals surface area contributed by atoms with Gasteiger partial charge >= 0.3 is 0 Å². The van der Waals surface area contributed by atoms with Crippen molar-refractivity contribution in [3.8, 4) is 44.5 Å². The van der Waals surface area contributed by atoms with Crippen molar-refractivity contribution in [2.24, 2.45) is 0 Å². The molecule has 1 nitrogen and oxygen atoms in total. The standard InChI is InChI=1S/C54H32O/c1-2-12-33(13-3-1)51-42-17-4-6-19-44(42)54(45-20-7-5-18-43(45)51)53-38(37-28-31-49-47(32-37)40-16-8-9-23-48(40)55-49)21-11-22-41(53)39-29-26-36-25-24-34-14-10-15-35-27-30-46(39)52(36)50(34)35/h1-32H. The van der Waals surface area contributed by atoms with Gasteiger partial charge in [-0.05, 0) is 117 Å². The predicted octanol–water partition coefficient (Wildman–Crippen LogP) is 15.5. The number of para-hydroxylation sites is 1. The summed E-state index contributed by atoms with van der Waals surface area (Å²) in [5.74, 6) is 0. The minimum Gasteiger partial charge on any atom is -0.456 e. The van der Waals surface area contributed by atoms with Gasteiger partial charge in [0.15, 0.2) is 0 Å². The van der Waals surface area contributed by atoms with Crippen molar-refractivity contribution in [2.75, 3.05) is 0 Å². The van der Waals surface area contributed by atoms with Crippen LogP contribution in [0.15, 0.2) is 199 Å². The Labute approximate surface area is 317 Å². The van der Waals surface area contributed by atoms with E-state index in [0.717, 1.165) is 27.5 Å². The highest BCUT2D eigenvalue weighted by Crippen LogP contribution is 2.51. The molecule has 0 aliphatic rings. The molecular weight excluding hydrogens is 665 g/mol. The largest absolute Gasteiger partial charge is 0.456 e. The van der Waals surface area contributed by atoms with Gasteiger partial charge in [-0.3, -0.25) is 0 Å². The maximum atomic E-state index is 6.33. The van der Waals surface area contributed by atoms with Gasteiger partial charge in [0.2, 0.25) is 0 Å². The molecular formula is C54H32O. The second kappa shape index (κ2) is 11.6. The molecule has 0 bridgehead atoms. The number of fused-ring (bicyclic) bond motifs is 5. The van der Waals surface area contributed by atoms with E-state index >= 15 is 0 Å². The second-order valence-electron chi connectivity index (χ2n) is 14.7. The topological polar surface area (TPSA) is 13.1 Å². The van der Waals surface area contributed by atoms with E-state index in [2.05, 4.69) is 188 Å². The summed E-state index contributed by atoms with van der Waals surface area (Å²) in [5, 5.41) is 15.0. The van der Waals surface area contributed by atoms with Crippen molar-refractivity contribution in [1.82, 2.24) is 0 Å². The highest BCUT2D eigenvalue weighted by Gasteiger charge is 2.24. The smallest absolute Gasteiger partial charge is 0.135 e. The third kappa shape index (κ3) is 4.41. The van der Waals surface area contributed by atoms with E-state index in [1.54, 1.807) is 0 Å². The summed E-state index contributed by atoms with van der Waals surface area (Å²) < 4.78 is 6.33. The van der Waals surface area contributed by atoms with Gasteiger partial charge in [-0.25, -0.2) is 0 Å². The molecule has 0 aliphatic heterocycles. The van der Waals surface area contributed by atoms with Gasteiger partial charge in [0.25, 0.3) is 0 Å². The van der Waals surface area contributed by atoms with Crippen LogP contribution in [-0.4, -0.2) is 0 Å². The van der Waals surface area contributed by atoms with Crippen LogP contribution in [0.2, 0.25) is 0 Å². The first-order chi connectivity index (χ1) is 27.3. The molecule has 1 heteroatoms. The molecule has 0 atom stereocenters. The van der Waals surface area contributed by atoms with Gasteiger partial charge in [0, 0.05) is 10.8 Å². The zero-order chi connectivity index (χ0) is 36.0. The summed E-state index contributed by atoms with van der Waals surface area (Å²) in [6, 6.07) is 71.3. The SMILES string of the molecule is c1ccc(-c2c3ccccc3c(-c3c(-c4ccc5oc6ccccc6c5c4)cccc3-c3ccc4ccc5cccc6ccc3c4c56)c3ccccc23)cc1. The summed E-state index contributed by atoms with van der Waals surface area (Å²) in [6.45, 7) is 0. The van der Waals surface area contributed by atoms with Crippen molar-refractivity contribution in [3.63, 3.8) is 0 Å². The summed E-state index contributed by atoms with van der Waals surface area (Å²) in [5.41, 5.74) is 11.6. The molecule has 0 amide bonds. The molecule has 0 fully saturated rings. The van der Waals surface area contributed by atoms with Gasteiger partial charge in [-0.1, -0.05) is 176 Å². The Kier molecular flexibility index (Phi) is 6.40. The van der Waals surface area contributed by atoms with Crippen molar-refractivity contribution < 1.29 is 4.42 Å². The summed E-state index contributed by atoms with van der Waals surface area (Å²) in [7, 11) is 0. The Balaban J connectivity index is 1.25. The van der Waals surface area contributed by atoms with E-state index in [4.69, 9.17) is 4.42 Å². The van der Waals surface area contributed by atoms with E-state index < -0.39 is 0 Å². The average Bonchev–Trinajstić information content (AvgIpc) is 3.63. The number of rotatable bonds is 4. The monoisotopic (exact) mass is 696 g/mol. The number of hydrogen-bond donors (Lipinski definition) is 0. The van der Waals surface area contributed by atoms with Crippen LogP contribution in [0, 0.1) is 0 Å². The molecule has 0 saturated carbocycles. The molecule has 12 rings (SSSR count). The Hall–Kier alpha value is -7.22. The van der Waals surface area contributed by atoms with E-state index in [1.807, 2.05) is 6.07 Å². The Morgan fingerprint density at radius 1 is 0.255 bits per heavy atom. The lowest BCUT2D eigenvalue weighted by Gasteiger charge is -2.23.